The minimum atomic E-state index is -4.78. The van der Waals surface area contributed by atoms with E-state index in [-0.39, 0.29) is 49.3 Å². The number of halogens is 6. The Balaban J connectivity index is 1.43. The van der Waals surface area contributed by atoms with Gasteiger partial charge in [-0.25, -0.2) is 4.98 Å². The molecule has 2 saturated heterocycles. The number of amides is 4. The van der Waals surface area contributed by atoms with Crippen molar-refractivity contribution in [3.63, 3.8) is 0 Å². The number of likely N-dealkylation sites (tertiary alicyclic amines) is 1. The number of hydrogen-bond donors (Lipinski definition) is 3. The summed E-state index contributed by atoms with van der Waals surface area (Å²) in [4.78, 5) is 74.0. The molecule has 3 heterocycles. The van der Waals surface area contributed by atoms with Crippen LogP contribution in [0.1, 0.15) is 48.3 Å². The van der Waals surface area contributed by atoms with Crippen LogP contribution >= 0.6 is 39.1 Å². The number of aromatic hydroxyl groups is 1. The molecule has 3 aromatic rings. The molecule has 1 aromatic heterocycles. The second kappa shape index (κ2) is 14.1. The van der Waals surface area contributed by atoms with Gasteiger partial charge in [0, 0.05) is 40.1 Å². The number of phenolic OH excluding ortho intramolecular Hbond substituents is 1. The molecule has 2 aliphatic heterocycles. The van der Waals surface area contributed by atoms with Crippen molar-refractivity contribution in [2.45, 2.75) is 43.2 Å². The Morgan fingerprint density at radius 1 is 1.07 bits per heavy atom. The van der Waals surface area contributed by atoms with Crippen LogP contribution in [0.25, 0.3) is 0 Å². The van der Waals surface area contributed by atoms with Crippen LogP contribution in [0.4, 0.5) is 19.0 Å². The van der Waals surface area contributed by atoms with E-state index in [9.17, 15) is 42.6 Å². The molecule has 4 amide bonds. The summed E-state index contributed by atoms with van der Waals surface area (Å²) in [5.74, 6) is -9.74. The quantitative estimate of drug-likeness (QED) is 0.155. The minimum Gasteiger partial charge on any atom is -0.504 e. The molecule has 3 N–H and O–H groups in total. The van der Waals surface area contributed by atoms with Gasteiger partial charge in [0.2, 0.25) is 11.8 Å². The van der Waals surface area contributed by atoms with E-state index in [2.05, 4.69) is 26.3 Å². The van der Waals surface area contributed by atoms with E-state index in [1.807, 2.05) is 0 Å². The molecule has 6 atom stereocenters. The number of carboxylic acids is 1. The number of hydrazine groups is 1. The zero-order valence-corrected chi connectivity index (χ0v) is 31.7. The summed E-state index contributed by atoms with van der Waals surface area (Å²) in [5, 5.41) is 21.4. The van der Waals surface area contributed by atoms with Gasteiger partial charge in [0.1, 0.15) is 0 Å². The Kier molecular flexibility index (Phi) is 9.91. The minimum absolute atomic E-state index is 0.0211. The summed E-state index contributed by atoms with van der Waals surface area (Å²) < 4.78 is 46.3. The lowest BCUT2D eigenvalue weighted by Crippen LogP contribution is -2.53. The molecule has 6 unspecified atom stereocenters. The number of carbonyl (C=O) groups excluding carboxylic acids is 4. The van der Waals surface area contributed by atoms with E-state index in [4.69, 9.17) is 27.9 Å². The number of carboxylic acid groups (broad SMARTS) is 1. The fourth-order valence-electron chi connectivity index (χ4n) is 8.77. The van der Waals surface area contributed by atoms with E-state index in [1.54, 1.807) is 24.3 Å². The normalized spacial score (nSPS) is 26.1. The van der Waals surface area contributed by atoms with Crippen molar-refractivity contribution in [1.29, 1.82) is 0 Å². The summed E-state index contributed by atoms with van der Waals surface area (Å²) in [7, 11) is 1.33. The summed E-state index contributed by atoms with van der Waals surface area (Å²) in [6, 6.07) is 9.83. The number of nitrogens with zero attached hydrogens (tertiary/aromatic N) is 3. The molecule has 7 rings (SSSR count). The molecule has 3 fully saturated rings. The van der Waals surface area contributed by atoms with Crippen molar-refractivity contribution < 1.29 is 52.1 Å². The van der Waals surface area contributed by atoms with Gasteiger partial charge in [0.25, 0.3) is 11.8 Å². The van der Waals surface area contributed by atoms with Crippen molar-refractivity contribution in [2.24, 2.45) is 23.7 Å². The summed E-state index contributed by atoms with van der Waals surface area (Å²) in [5.41, 5.74) is 0.436. The van der Waals surface area contributed by atoms with Crippen LogP contribution in [-0.2, 0) is 35.6 Å². The maximum atomic E-state index is 15.3. The van der Waals surface area contributed by atoms with E-state index >= 15 is 4.79 Å². The number of fused-ring (bicyclic) bond motifs is 4. The highest BCUT2D eigenvalue weighted by molar-refractivity contribution is 9.10. The first-order chi connectivity index (χ1) is 26.0. The molecule has 1 saturated carbocycles. The van der Waals surface area contributed by atoms with E-state index < -0.39 is 87.2 Å². The largest absolute Gasteiger partial charge is 0.504 e. The Bertz CT molecular complexity index is 2190. The molecule has 55 heavy (non-hydrogen) atoms. The van der Waals surface area contributed by atoms with E-state index in [0.717, 1.165) is 4.90 Å². The average Bonchev–Trinajstić information content (AvgIpc) is 3.50. The number of rotatable bonds is 9. The van der Waals surface area contributed by atoms with E-state index in [0.29, 0.717) is 37.9 Å². The Morgan fingerprint density at radius 3 is 2.42 bits per heavy atom. The lowest BCUT2D eigenvalue weighted by atomic mass is 9.49. The van der Waals surface area contributed by atoms with Gasteiger partial charge in [-0.1, -0.05) is 62.9 Å². The zero-order chi connectivity index (χ0) is 39.7. The highest BCUT2D eigenvalue weighted by Crippen LogP contribution is 2.65. The number of phenols is 1. The van der Waals surface area contributed by atoms with Crippen LogP contribution in [0.5, 0.6) is 11.5 Å². The summed E-state index contributed by atoms with van der Waals surface area (Å²) in [6.45, 7) is -0.125. The van der Waals surface area contributed by atoms with Crippen molar-refractivity contribution in [3.8, 4) is 11.5 Å². The number of pyridine rings is 1. The third-order valence-corrected chi connectivity index (χ3v) is 12.0. The molecule has 2 aromatic carbocycles. The van der Waals surface area contributed by atoms with Crippen molar-refractivity contribution >= 4 is 74.5 Å². The smallest absolute Gasteiger partial charge is 0.417 e. The third-order valence-electron chi connectivity index (χ3n) is 11.0. The fraction of sp³-hybridized carbons (Fsp3) is 0.351. The lowest BCUT2D eigenvalue weighted by molar-refractivity contribution is -0.142. The molecule has 0 spiro atoms. The summed E-state index contributed by atoms with van der Waals surface area (Å²) in [6.07, 6.45) is -2.84. The SMILES string of the molecule is COc1cc(Br)cc(C2C3=CCC4C(=O)N(CCCC(=O)O)C(=O)C4C3CC3C(=O)N(Nc4ncc(C(F)(F)F)cc4Cl)C(=O)C32c2ccc(Cl)cc2)c1O. The number of aromatic nitrogens is 1. The second-order valence-corrected chi connectivity index (χ2v) is 15.5. The van der Waals surface area contributed by atoms with Crippen LogP contribution in [0.2, 0.25) is 10.0 Å². The Hall–Kier alpha value is -4.67. The van der Waals surface area contributed by atoms with E-state index in [1.165, 1.54) is 25.3 Å². The average molecular weight is 866 g/mol. The number of hydrogen-bond acceptors (Lipinski definition) is 9. The van der Waals surface area contributed by atoms with Crippen LogP contribution in [0.3, 0.4) is 0 Å². The monoisotopic (exact) mass is 864 g/mol. The van der Waals surface area contributed by atoms with Gasteiger partial charge in [-0.3, -0.25) is 34.3 Å². The maximum Gasteiger partial charge on any atom is 0.417 e. The summed E-state index contributed by atoms with van der Waals surface area (Å²) >= 11 is 16.0. The molecule has 0 bridgehead atoms. The molecule has 288 valence electrons. The Labute approximate surface area is 329 Å². The standard InChI is InChI=1S/C37H30BrCl2F3N4O8/c1-55-26-13-18(38)12-23(30(26)50)29-20-8-9-21-28(34(53)46(32(21)51)10-2-3-27(48)49)22(20)14-24-33(52)47(35(54)36(24,29)16-4-6-19(39)7-5-16)45-31-25(40)11-17(15-44-31)37(41,42)43/h4-8,11-13,15,21-22,24,28-29,50H,2-3,9-10,14H2,1H3,(H,44,45)(H,48,49). The Morgan fingerprint density at radius 2 is 1.78 bits per heavy atom. The molecule has 0 radical (unpaired) electrons. The first-order valence-electron chi connectivity index (χ1n) is 17.0. The van der Waals surface area contributed by atoms with Crippen molar-refractivity contribution in [1.82, 2.24) is 14.9 Å². The zero-order valence-electron chi connectivity index (χ0n) is 28.6. The molecule has 18 heteroatoms. The third kappa shape index (κ3) is 6.22. The number of imide groups is 2. The van der Waals surface area contributed by atoms with Gasteiger partial charge in [-0.05, 0) is 61.1 Å². The number of carbonyl (C=O) groups is 5. The van der Waals surface area contributed by atoms with Crippen LogP contribution in [-0.4, -0.2) is 68.4 Å². The number of allylic oxidation sites excluding steroid dienone is 2. The molecule has 2 aliphatic carbocycles. The molecule has 12 nitrogen and oxygen atoms in total. The predicted molar refractivity (Wildman–Crippen MR) is 193 cm³/mol. The second-order valence-electron chi connectivity index (χ2n) is 13.8. The number of anilines is 1. The van der Waals surface area contributed by atoms with Crippen LogP contribution in [0, 0.1) is 23.7 Å². The van der Waals surface area contributed by atoms with Crippen molar-refractivity contribution in [3.05, 3.63) is 91.5 Å². The number of benzene rings is 2. The number of nitrogens with one attached hydrogen (secondary N) is 1. The van der Waals surface area contributed by atoms with Crippen LogP contribution < -0.4 is 10.2 Å². The van der Waals surface area contributed by atoms with Gasteiger partial charge in [0.15, 0.2) is 17.3 Å². The number of alkyl halides is 3. The topological polar surface area (TPSA) is 166 Å². The number of ether oxygens (including phenoxy) is 1. The highest BCUT2D eigenvalue weighted by atomic mass is 79.9. The van der Waals surface area contributed by atoms with Gasteiger partial charge >= 0.3 is 12.1 Å². The fourth-order valence-corrected chi connectivity index (χ4v) is 9.56. The number of aliphatic carboxylic acids is 1. The van der Waals surface area contributed by atoms with Crippen LogP contribution in [0.15, 0.2) is 64.8 Å². The van der Waals surface area contributed by atoms with Gasteiger partial charge in [0.05, 0.1) is 40.9 Å². The lowest BCUT2D eigenvalue weighted by Gasteiger charge is -2.50. The molecular formula is C37H30BrCl2F3N4O8. The van der Waals surface area contributed by atoms with Crippen molar-refractivity contribution in [2.75, 3.05) is 19.1 Å². The molecule has 4 aliphatic rings. The highest BCUT2D eigenvalue weighted by Gasteiger charge is 2.70. The first kappa shape index (κ1) is 38.6. The van der Waals surface area contributed by atoms with Gasteiger partial charge < -0.3 is 14.9 Å². The first-order valence-corrected chi connectivity index (χ1v) is 18.5. The van der Waals surface area contributed by atoms with Gasteiger partial charge in [-0.15, -0.1) is 0 Å². The predicted octanol–water partition coefficient (Wildman–Crippen LogP) is 6.73. The molecular weight excluding hydrogens is 836 g/mol. The maximum absolute atomic E-state index is 15.3. The number of methoxy groups -OCH3 is 1. The van der Waals surface area contributed by atoms with Gasteiger partial charge in [-0.2, -0.15) is 18.2 Å².